The number of carbonyl (C=O) groups excluding carboxylic acids is 1. The summed E-state index contributed by atoms with van der Waals surface area (Å²) in [7, 11) is 0. The summed E-state index contributed by atoms with van der Waals surface area (Å²) in [5, 5.41) is 3.45. The molecule has 1 atom stereocenters. The van der Waals surface area contributed by atoms with Crippen LogP contribution in [0.5, 0.6) is 0 Å². The fourth-order valence-corrected chi connectivity index (χ4v) is 2.21. The van der Waals surface area contributed by atoms with Crippen LogP contribution < -0.4 is 5.32 Å². The first-order chi connectivity index (χ1) is 8.18. The van der Waals surface area contributed by atoms with Crippen molar-refractivity contribution < 1.29 is 9.53 Å². The smallest absolute Gasteiger partial charge is 0.305 e. The summed E-state index contributed by atoms with van der Waals surface area (Å²) < 4.78 is 5.22. The molecule has 1 rings (SSSR count). The van der Waals surface area contributed by atoms with E-state index in [1.54, 1.807) is 0 Å². The Labute approximate surface area is 105 Å². The number of hydrogen-bond acceptors (Lipinski definition) is 3. The molecule has 1 N–H and O–H groups in total. The van der Waals surface area contributed by atoms with Crippen LogP contribution in [0.1, 0.15) is 58.8 Å². The number of nitrogens with one attached hydrogen (secondary N) is 1. The largest absolute Gasteiger partial charge is 0.466 e. The molecule has 0 aliphatic carbocycles. The van der Waals surface area contributed by atoms with Gasteiger partial charge in [-0.1, -0.05) is 20.3 Å². The summed E-state index contributed by atoms with van der Waals surface area (Å²) >= 11 is 0. The minimum Gasteiger partial charge on any atom is -0.466 e. The SMILES string of the molecule is CC(C)CCCOC(=O)CCC1CCCCN1. The Bertz CT molecular complexity index is 210. The van der Waals surface area contributed by atoms with Gasteiger partial charge in [-0.2, -0.15) is 0 Å². The quantitative estimate of drug-likeness (QED) is 0.550. The molecule has 100 valence electrons. The standard InChI is InChI=1S/C14H27NO2/c1-12(2)6-5-11-17-14(16)9-8-13-7-3-4-10-15-13/h12-13,15H,3-11H2,1-2H3. The molecule has 1 aliphatic rings. The third-order valence-corrected chi connectivity index (χ3v) is 3.30. The molecule has 0 saturated carbocycles. The van der Waals surface area contributed by atoms with Crippen LogP contribution in [-0.2, 0) is 9.53 Å². The first kappa shape index (κ1) is 14.5. The van der Waals surface area contributed by atoms with Gasteiger partial charge in [0.25, 0.3) is 0 Å². The van der Waals surface area contributed by atoms with Crippen molar-refractivity contribution in [3.8, 4) is 0 Å². The number of carbonyl (C=O) groups is 1. The molecule has 1 unspecified atom stereocenters. The molecule has 0 aromatic carbocycles. The summed E-state index contributed by atoms with van der Waals surface area (Å²) in [6.07, 6.45) is 7.41. The molecule has 0 aromatic heterocycles. The van der Waals surface area contributed by atoms with Crippen LogP contribution >= 0.6 is 0 Å². The lowest BCUT2D eigenvalue weighted by atomic mass is 10.0. The highest BCUT2D eigenvalue weighted by Gasteiger charge is 2.14. The van der Waals surface area contributed by atoms with E-state index in [1.165, 1.54) is 19.3 Å². The van der Waals surface area contributed by atoms with Crippen molar-refractivity contribution in [1.82, 2.24) is 5.32 Å². The molecule has 1 heterocycles. The summed E-state index contributed by atoms with van der Waals surface area (Å²) in [5.41, 5.74) is 0. The Morgan fingerprint density at radius 1 is 1.41 bits per heavy atom. The zero-order valence-electron chi connectivity index (χ0n) is 11.3. The Hall–Kier alpha value is -0.570. The van der Waals surface area contributed by atoms with Crippen LogP contribution in [0, 0.1) is 5.92 Å². The summed E-state index contributed by atoms with van der Waals surface area (Å²) in [4.78, 5) is 11.5. The molecule has 1 fully saturated rings. The number of ether oxygens (including phenoxy) is 1. The van der Waals surface area contributed by atoms with Gasteiger partial charge in [-0.05, 0) is 44.6 Å². The molecule has 0 bridgehead atoms. The second-order valence-electron chi connectivity index (χ2n) is 5.44. The predicted octanol–water partition coefficient (Wildman–Crippen LogP) is 2.89. The predicted molar refractivity (Wildman–Crippen MR) is 69.9 cm³/mol. The first-order valence-electron chi connectivity index (χ1n) is 7.07. The molecule has 1 aliphatic heterocycles. The molecule has 0 aromatic rings. The van der Waals surface area contributed by atoms with Crippen molar-refractivity contribution in [1.29, 1.82) is 0 Å². The van der Waals surface area contributed by atoms with Gasteiger partial charge in [-0.15, -0.1) is 0 Å². The van der Waals surface area contributed by atoms with Crippen molar-refractivity contribution in [2.24, 2.45) is 5.92 Å². The van der Waals surface area contributed by atoms with Crippen molar-refractivity contribution >= 4 is 5.97 Å². The highest BCUT2D eigenvalue weighted by atomic mass is 16.5. The fraction of sp³-hybridized carbons (Fsp3) is 0.929. The number of esters is 1. The van der Waals surface area contributed by atoms with E-state index in [4.69, 9.17) is 4.74 Å². The van der Waals surface area contributed by atoms with Crippen LogP contribution in [0.15, 0.2) is 0 Å². The van der Waals surface area contributed by atoms with E-state index in [9.17, 15) is 4.79 Å². The summed E-state index contributed by atoms with van der Waals surface area (Å²) in [5.74, 6) is 0.668. The van der Waals surface area contributed by atoms with E-state index in [0.29, 0.717) is 25.0 Å². The van der Waals surface area contributed by atoms with Gasteiger partial charge in [0.1, 0.15) is 0 Å². The Morgan fingerprint density at radius 3 is 2.88 bits per heavy atom. The Morgan fingerprint density at radius 2 is 2.24 bits per heavy atom. The molecular formula is C14H27NO2. The monoisotopic (exact) mass is 241 g/mol. The molecule has 3 nitrogen and oxygen atoms in total. The fourth-order valence-electron chi connectivity index (χ4n) is 2.21. The number of piperidine rings is 1. The van der Waals surface area contributed by atoms with E-state index < -0.39 is 0 Å². The second-order valence-corrected chi connectivity index (χ2v) is 5.44. The van der Waals surface area contributed by atoms with Gasteiger partial charge in [0.05, 0.1) is 6.61 Å². The molecule has 0 amide bonds. The molecule has 0 radical (unpaired) electrons. The molecule has 17 heavy (non-hydrogen) atoms. The maximum absolute atomic E-state index is 11.5. The highest BCUT2D eigenvalue weighted by Crippen LogP contribution is 2.12. The van der Waals surface area contributed by atoms with Gasteiger partial charge >= 0.3 is 5.97 Å². The van der Waals surface area contributed by atoms with Crippen LogP contribution in [0.3, 0.4) is 0 Å². The zero-order valence-corrected chi connectivity index (χ0v) is 11.3. The van der Waals surface area contributed by atoms with E-state index >= 15 is 0 Å². The lowest BCUT2D eigenvalue weighted by Crippen LogP contribution is -2.34. The topological polar surface area (TPSA) is 38.3 Å². The molecular weight excluding hydrogens is 214 g/mol. The maximum Gasteiger partial charge on any atom is 0.305 e. The van der Waals surface area contributed by atoms with Gasteiger partial charge in [-0.25, -0.2) is 0 Å². The van der Waals surface area contributed by atoms with Crippen molar-refractivity contribution in [3.05, 3.63) is 0 Å². The third-order valence-electron chi connectivity index (χ3n) is 3.30. The normalized spacial score (nSPS) is 20.5. The molecule has 0 spiro atoms. The van der Waals surface area contributed by atoms with Crippen LogP contribution in [-0.4, -0.2) is 25.2 Å². The van der Waals surface area contributed by atoms with Gasteiger partial charge in [0, 0.05) is 12.5 Å². The first-order valence-corrected chi connectivity index (χ1v) is 7.07. The van der Waals surface area contributed by atoms with E-state index in [0.717, 1.165) is 25.8 Å². The lowest BCUT2D eigenvalue weighted by Gasteiger charge is -2.22. The summed E-state index contributed by atoms with van der Waals surface area (Å²) in [6, 6.07) is 0.534. The van der Waals surface area contributed by atoms with E-state index in [-0.39, 0.29) is 5.97 Å². The van der Waals surface area contributed by atoms with Crippen molar-refractivity contribution in [3.63, 3.8) is 0 Å². The highest BCUT2D eigenvalue weighted by molar-refractivity contribution is 5.69. The van der Waals surface area contributed by atoms with Gasteiger partial charge in [0.2, 0.25) is 0 Å². The molecule has 3 heteroatoms. The van der Waals surface area contributed by atoms with E-state index in [2.05, 4.69) is 19.2 Å². The zero-order chi connectivity index (χ0) is 12.5. The Balaban J connectivity index is 1.96. The van der Waals surface area contributed by atoms with Crippen molar-refractivity contribution in [2.45, 2.75) is 64.8 Å². The van der Waals surface area contributed by atoms with Crippen molar-refractivity contribution in [2.75, 3.05) is 13.2 Å². The van der Waals surface area contributed by atoms with Gasteiger partial charge in [0.15, 0.2) is 0 Å². The summed E-state index contributed by atoms with van der Waals surface area (Å²) in [6.45, 7) is 6.08. The van der Waals surface area contributed by atoms with Crippen LogP contribution in [0.2, 0.25) is 0 Å². The number of hydrogen-bond donors (Lipinski definition) is 1. The lowest BCUT2D eigenvalue weighted by molar-refractivity contribution is -0.144. The van der Waals surface area contributed by atoms with E-state index in [1.807, 2.05) is 0 Å². The molecule has 1 saturated heterocycles. The van der Waals surface area contributed by atoms with Gasteiger partial charge in [-0.3, -0.25) is 4.79 Å². The van der Waals surface area contributed by atoms with Crippen LogP contribution in [0.4, 0.5) is 0 Å². The van der Waals surface area contributed by atoms with Crippen LogP contribution in [0.25, 0.3) is 0 Å². The average molecular weight is 241 g/mol. The minimum absolute atomic E-state index is 0.0267. The second kappa shape index (κ2) is 8.51. The third kappa shape index (κ3) is 7.37. The maximum atomic E-state index is 11.5. The Kier molecular flexibility index (Phi) is 7.25. The minimum atomic E-state index is -0.0267. The number of rotatable bonds is 7. The van der Waals surface area contributed by atoms with Gasteiger partial charge < -0.3 is 10.1 Å². The average Bonchev–Trinajstić information content (AvgIpc) is 2.33.